The molecule has 2 aromatic rings. The second-order valence-electron chi connectivity index (χ2n) is 8.25. The lowest BCUT2D eigenvalue weighted by Crippen LogP contribution is -2.49. The van der Waals surface area contributed by atoms with Gasteiger partial charge in [-0.3, -0.25) is 0 Å². The maximum atomic E-state index is 12.5. The zero-order valence-electron chi connectivity index (χ0n) is 18.1. The summed E-state index contributed by atoms with van der Waals surface area (Å²) in [5.74, 6) is 1.07. The molecule has 1 aromatic heterocycles. The maximum absolute atomic E-state index is 12.5. The van der Waals surface area contributed by atoms with Gasteiger partial charge in [0.05, 0.1) is 23.7 Å². The van der Waals surface area contributed by atoms with Crippen molar-refractivity contribution >= 4 is 16.7 Å². The van der Waals surface area contributed by atoms with Crippen molar-refractivity contribution in [3.05, 3.63) is 28.1 Å². The van der Waals surface area contributed by atoms with Gasteiger partial charge in [0.25, 0.3) is 0 Å². The van der Waals surface area contributed by atoms with E-state index in [0.29, 0.717) is 47.8 Å². The molecule has 4 rings (SSSR count). The van der Waals surface area contributed by atoms with E-state index in [1.54, 1.807) is 14.2 Å². The fourth-order valence-electron chi connectivity index (χ4n) is 3.92. The van der Waals surface area contributed by atoms with Crippen LogP contribution in [0.4, 0.5) is 5.69 Å². The third kappa shape index (κ3) is 3.99. The van der Waals surface area contributed by atoms with E-state index in [1.165, 1.54) is 0 Å². The number of epoxide rings is 1. The summed E-state index contributed by atoms with van der Waals surface area (Å²) in [6.45, 7) is 6.91. The van der Waals surface area contributed by atoms with Crippen LogP contribution in [-0.2, 0) is 14.2 Å². The minimum atomic E-state index is -0.491. The Morgan fingerprint density at radius 3 is 2.67 bits per heavy atom. The highest BCUT2D eigenvalue weighted by Crippen LogP contribution is 2.38. The molecule has 8 nitrogen and oxygen atoms in total. The fourth-order valence-corrected chi connectivity index (χ4v) is 3.92. The van der Waals surface area contributed by atoms with Crippen LogP contribution in [0.3, 0.4) is 0 Å². The van der Waals surface area contributed by atoms with Crippen LogP contribution in [0.5, 0.6) is 11.5 Å². The Labute approximate surface area is 175 Å². The number of rotatable bonds is 7. The summed E-state index contributed by atoms with van der Waals surface area (Å²) in [6, 6.07) is 3.70. The van der Waals surface area contributed by atoms with Crippen LogP contribution in [0.25, 0.3) is 11.0 Å². The Hall–Kier alpha value is -2.29. The number of methoxy groups -OCH3 is 1. The third-order valence-electron chi connectivity index (χ3n) is 5.71. The van der Waals surface area contributed by atoms with Gasteiger partial charge in [-0.15, -0.1) is 0 Å². The van der Waals surface area contributed by atoms with Crippen molar-refractivity contribution in [2.45, 2.75) is 57.7 Å². The smallest absolute Gasteiger partial charge is 0.363 e. The lowest BCUT2D eigenvalue weighted by Gasteiger charge is -2.41. The summed E-state index contributed by atoms with van der Waals surface area (Å²) in [5.41, 5.74) is 0.500. The van der Waals surface area contributed by atoms with E-state index in [-0.39, 0.29) is 12.2 Å². The minimum Gasteiger partial charge on any atom is -0.488 e. The summed E-state index contributed by atoms with van der Waals surface area (Å²) >= 11 is 0. The van der Waals surface area contributed by atoms with Crippen LogP contribution in [0.15, 0.2) is 21.3 Å². The molecule has 3 heterocycles. The highest BCUT2D eigenvalue weighted by atomic mass is 16.7. The first kappa shape index (κ1) is 21.0. The minimum absolute atomic E-state index is 0.0168. The van der Waals surface area contributed by atoms with E-state index < -0.39 is 17.5 Å². The van der Waals surface area contributed by atoms with Crippen molar-refractivity contribution in [1.82, 2.24) is 0 Å². The normalized spacial score (nSPS) is 25.2. The van der Waals surface area contributed by atoms with Crippen LogP contribution in [-0.4, -0.2) is 51.5 Å². The Kier molecular flexibility index (Phi) is 5.65. The quantitative estimate of drug-likeness (QED) is 0.540. The predicted octanol–water partition coefficient (Wildman–Crippen LogP) is 3.23. The first-order valence-corrected chi connectivity index (χ1v) is 10.2. The van der Waals surface area contributed by atoms with Crippen molar-refractivity contribution < 1.29 is 28.1 Å². The molecule has 1 aromatic carbocycles. The highest BCUT2D eigenvalue weighted by molar-refractivity contribution is 5.91. The molecule has 3 atom stereocenters. The predicted molar refractivity (Wildman–Crippen MR) is 112 cm³/mol. The Morgan fingerprint density at radius 2 is 2.03 bits per heavy atom. The second-order valence-corrected chi connectivity index (χ2v) is 8.25. The number of benzene rings is 1. The van der Waals surface area contributed by atoms with Gasteiger partial charge in [0.2, 0.25) is 6.29 Å². The van der Waals surface area contributed by atoms with Crippen LogP contribution >= 0.6 is 0 Å². The Balaban J connectivity index is 1.64. The van der Waals surface area contributed by atoms with Crippen LogP contribution < -0.4 is 20.4 Å². The fraction of sp³-hybridized carbons (Fsp3) is 0.591. The number of fused-ring (bicyclic) bond motifs is 1. The molecule has 0 aliphatic carbocycles. The molecule has 2 fully saturated rings. The van der Waals surface area contributed by atoms with Crippen molar-refractivity contribution in [3.8, 4) is 11.5 Å². The molecule has 1 N–H and O–H groups in total. The molecule has 164 valence electrons. The van der Waals surface area contributed by atoms with Crippen LogP contribution in [0, 0.1) is 6.92 Å². The van der Waals surface area contributed by atoms with Crippen molar-refractivity contribution in [1.29, 1.82) is 0 Å². The lowest BCUT2D eigenvalue weighted by molar-refractivity contribution is -0.233. The molecule has 0 amide bonds. The zero-order valence-corrected chi connectivity index (χ0v) is 18.1. The average molecular weight is 419 g/mol. The molecule has 0 radical (unpaired) electrons. The van der Waals surface area contributed by atoms with Gasteiger partial charge in [0, 0.05) is 26.1 Å². The van der Waals surface area contributed by atoms with Gasteiger partial charge in [-0.25, -0.2) is 4.79 Å². The van der Waals surface area contributed by atoms with Gasteiger partial charge in [0.15, 0.2) is 11.4 Å². The SMILES string of the molecule is CNc1c(OCC2CO2)c2ccc(OC3CCC(OC)C(C)(C)O3)c(C)c2oc1=O. The lowest BCUT2D eigenvalue weighted by atomic mass is 9.94. The van der Waals surface area contributed by atoms with Gasteiger partial charge >= 0.3 is 5.63 Å². The number of anilines is 1. The van der Waals surface area contributed by atoms with E-state index in [0.717, 1.165) is 12.0 Å². The number of hydrogen-bond donors (Lipinski definition) is 1. The van der Waals surface area contributed by atoms with Crippen molar-refractivity contribution in [2.24, 2.45) is 0 Å². The van der Waals surface area contributed by atoms with Crippen molar-refractivity contribution in [2.75, 3.05) is 32.7 Å². The summed E-state index contributed by atoms with van der Waals surface area (Å²) < 4.78 is 34.5. The summed E-state index contributed by atoms with van der Waals surface area (Å²) in [4.78, 5) is 12.5. The van der Waals surface area contributed by atoms with E-state index >= 15 is 0 Å². The summed E-state index contributed by atoms with van der Waals surface area (Å²) in [5, 5.41) is 3.59. The topological polar surface area (TPSA) is 91.7 Å². The molecule has 2 saturated heterocycles. The molecule has 0 spiro atoms. The molecular formula is C22H29NO7. The standard InChI is InChI=1S/C22H29NO7/c1-12-15(28-17-9-8-16(25-5)22(2,3)30-17)7-6-14-19(12)29-21(24)18(23-4)20(14)27-11-13-10-26-13/h6-7,13,16-17,23H,8-11H2,1-5H3. The van der Waals surface area contributed by atoms with E-state index in [4.69, 9.17) is 28.1 Å². The number of hydrogen-bond acceptors (Lipinski definition) is 8. The molecule has 8 heteroatoms. The third-order valence-corrected chi connectivity index (χ3v) is 5.71. The average Bonchev–Trinajstić information content (AvgIpc) is 3.52. The van der Waals surface area contributed by atoms with Gasteiger partial charge in [-0.05, 0) is 39.3 Å². The van der Waals surface area contributed by atoms with Gasteiger partial charge in [-0.1, -0.05) is 0 Å². The summed E-state index contributed by atoms with van der Waals surface area (Å²) in [7, 11) is 3.36. The van der Waals surface area contributed by atoms with Crippen molar-refractivity contribution in [3.63, 3.8) is 0 Å². The first-order valence-electron chi connectivity index (χ1n) is 10.2. The molecule has 0 bridgehead atoms. The summed E-state index contributed by atoms with van der Waals surface area (Å²) in [6.07, 6.45) is 1.22. The van der Waals surface area contributed by atoms with Gasteiger partial charge in [0.1, 0.15) is 24.0 Å². The Morgan fingerprint density at radius 1 is 1.27 bits per heavy atom. The van der Waals surface area contributed by atoms with Crippen LogP contribution in [0.1, 0.15) is 32.3 Å². The first-order chi connectivity index (χ1) is 14.3. The number of ether oxygens (including phenoxy) is 5. The number of nitrogens with one attached hydrogen (secondary N) is 1. The maximum Gasteiger partial charge on any atom is 0.363 e. The zero-order chi connectivity index (χ0) is 21.5. The molecular weight excluding hydrogens is 390 g/mol. The highest BCUT2D eigenvalue weighted by Gasteiger charge is 2.39. The largest absolute Gasteiger partial charge is 0.488 e. The molecule has 2 aliphatic heterocycles. The van der Waals surface area contributed by atoms with E-state index in [2.05, 4.69) is 5.32 Å². The van der Waals surface area contributed by atoms with E-state index in [9.17, 15) is 4.79 Å². The molecule has 3 unspecified atom stereocenters. The van der Waals surface area contributed by atoms with Gasteiger partial charge in [-0.2, -0.15) is 0 Å². The second kappa shape index (κ2) is 8.09. The molecule has 2 aliphatic rings. The Bertz CT molecular complexity index is 980. The number of aryl methyl sites for hydroxylation is 1. The van der Waals surface area contributed by atoms with E-state index in [1.807, 2.05) is 32.9 Å². The monoisotopic (exact) mass is 419 g/mol. The van der Waals surface area contributed by atoms with Crippen LogP contribution in [0.2, 0.25) is 0 Å². The van der Waals surface area contributed by atoms with Gasteiger partial charge < -0.3 is 33.4 Å². The molecule has 0 saturated carbocycles. The molecule has 30 heavy (non-hydrogen) atoms.